The van der Waals surface area contributed by atoms with Crippen molar-refractivity contribution in [2.24, 2.45) is 17.6 Å². The Balaban J connectivity index is 0.000000322. The van der Waals surface area contributed by atoms with Crippen LogP contribution in [0.1, 0.15) is 6.42 Å². The fraction of sp³-hybridized carbons (Fsp3) is 0.462. The Bertz CT molecular complexity index is 556. The van der Waals surface area contributed by atoms with E-state index >= 15 is 0 Å². The number of fused-ring (bicyclic) bond motifs is 1. The lowest BCUT2D eigenvalue weighted by Crippen LogP contribution is -2.37. The third-order valence-electron chi connectivity index (χ3n) is 3.17. The lowest BCUT2D eigenvalue weighted by Gasteiger charge is -2.19. The van der Waals surface area contributed by atoms with Gasteiger partial charge >= 0.3 is 18.1 Å². The van der Waals surface area contributed by atoms with Gasteiger partial charge in [-0.2, -0.15) is 13.2 Å². The zero-order valence-corrected chi connectivity index (χ0v) is 12.7. The van der Waals surface area contributed by atoms with Gasteiger partial charge in [-0.15, -0.1) is 11.8 Å². The van der Waals surface area contributed by atoms with E-state index in [1.54, 1.807) is 0 Å². The van der Waals surface area contributed by atoms with E-state index in [1.807, 2.05) is 18.2 Å². The van der Waals surface area contributed by atoms with Gasteiger partial charge < -0.3 is 15.6 Å². The Morgan fingerprint density at radius 3 is 2.39 bits per heavy atom. The van der Waals surface area contributed by atoms with Crippen molar-refractivity contribution in [3.63, 3.8) is 0 Å². The van der Waals surface area contributed by atoms with Gasteiger partial charge in [-0.25, -0.2) is 4.79 Å². The maximum absolute atomic E-state index is 11.7. The summed E-state index contributed by atoms with van der Waals surface area (Å²) < 4.78 is 36.5. The second kappa shape index (κ2) is 7.53. The van der Waals surface area contributed by atoms with E-state index in [2.05, 4.69) is 0 Å². The van der Waals surface area contributed by atoms with Gasteiger partial charge in [-0.1, -0.05) is 18.2 Å². The first-order chi connectivity index (χ1) is 10.6. The van der Waals surface area contributed by atoms with Crippen LogP contribution in [-0.4, -0.2) is 41.5 Å². The second-order valence-electron chi connectivity index (χ2n) is 4.63. The SMILES string of the molecule is COC(=O)C1C2CC=CC=C2SC1C(N)=O.O=C(O)C(F)(F)F. The van der Waals surface area contributed by atoms with E-state index < -0.39 is 29.2 Å². The van der Waals surface area contributed by atoms with E-state index in [4.69, 9.17) is 20.4 Å². The largest absolute Gasteiger partial charge is 0.490 e. The third kappa shape index (κ3) is 4.75. The number of esters is 1. The van der Waals surface area contributed by atoms with Crippen LogP contribution in [0.3, 0.4) is 0 Å². The van der Waals surface area contributed by atoms with E-state index in [9.17, 15) is 22.8 Å². The Morgan fingerprint density at radius 2 is 1.96 bits per heavy atom. The summed E-state index contributed by atoms with van der Waals surface area (Å²) in [5.74, 6) is -3.94. The van der Waals surface area contributed by atoms with Crippen molar-refractivity contribution in [2.45, 2.75) is 17.8 Å². The number of carboxylic acid groups (broad SMARTS) is 1. The minimum atomic E-state index is -5.08. The number of nitrogens with two attached hydrogens (primary N) is 1. The molecule has 0 saturated carbocycles. The molecule has 3 N–H and O–H groups in total. The molecule has 1 aliphatic heterocycles. The third-order valence-corrected chi connectivity index (χ3v) is 4.66. The molecule has 3 atom stereocenters. The fourth-order valence-electron chi connectivity index (χ4n) is 2.17. The molecule has 0 aromatic carbocycles. The molecule has 10 heteroatoms. The maximum atomic E-state index is 11.7. The summed E-state index contributed by atoms with van der Waals surface area (Å²) in [7, 11) is 1.34. The van der Waals surface area contributed by atoms with Crippen LogP contribution in [0.5, 0.6) is 0 Å². The number of halogens is 3. The number of carbonyl (C=O) groups excluding carboxylic acids is 2. The standard InChI is InChI=1S/C11H13NO3S.C2HF3O2/c1-15-11(14)8-6-4-2-3-5-7(6)16-9(8)10(12)13;3-2(4,5)1(6)7/h2-3,5-6,8-9H,4H2,1H3,(H2,12,13);(H,6,7). The van der Waals surface area contributed by atoms with E-state index in [-0.39, 0.29) is 11.9 Å². The van der Waals surface area contributed by atoms with Gasteiger partial charge in [0.2, 0.25) is 5.91 Å². The first-order valence-corrected chi connectivity index (χ1v) is 7.18. The molecule has 6 nitrogen and oxygen atoms in total. The predicted octanol–water partition coefficient (Wildman–Crippen LogP) is 1.47. The number of hydrogen-bond donors (Lipinski definition) is 2. The number of hydrogen-bond acceptors (Lipinski definition) is 5. The Labute approximate surface area is 133 Å². The molecule has 1 fully saturated rings. The van der Waals surface area contributed by atoms with Crippen LogP contribution in [0.15, 0.2) is 23.1 Å². The molecule has 2 aliphatic rings. The van der Waals surface area contributed by atoms with Gasteiger partial charge in [0, 0.05) is 5.92 Å². The van der Waals surface area contributed by atoms with Crippen molar-refractivity contribution < 1.29 is 37.4 Å². The first kappa shape index (κ1) is 19.1. The summed E-state index contributed by atoms with van der Waals surface area (Å²) in [6.45, 7) is 0. The number of thioether (sulfide) groups is 1. The van der Waals surface area contributed by atoms with Crippen molar-refractivity contribution in [3.05, 3.63) is 23.1 Å². The zero-order valence-electron chi connectivity index (χ0n) is 11.9. The number of rotatable bonds is 2. The molecule has 1 saturated heterocycles. The minimum absolute atomic E-state index is 0.0555. The average Bonchev–Trinajstić information content (AvgIpc) is 2.85. The number of primary amides is 1. The summed E-state index contributed by atoms with van der Waals surface area (Å²) in [5.41, 5.74) is 5.32. The number of alkyl halides is 3. The second-order valence-corrected chi connectivity index (χ2v) is 5.85. The minimum Gasteiger partial charge on any atom is -0.475 e. The Kier molecular flexibility index (Phi) is 6.25. The van der Waals surface area contributed by atoms with Crippen molar-refractivity contribution in [3.8, 4) is 0 Å². The number of amides is 1. The number of ether oxygens (including phenoxy) is 1. The van der Waals surface area contributed by atoms with Crippen LogP contribution >= 0.6 is 11.8 Å². The molecule has 2 rings (SSSR count). The highest BCUT2D eigenvalue weighted by Gasteiger charge is 2.48. The van der Waals surface area contributed by atoms with Crippen LogP contribution in [0.25, 0.3) is 0 Å². The molecule has 3 unspecified atom stereocenters. The van der Waals surface area contributed by atoms with Crippen LogP contribution in [0.4, 0.5) is 13.2 Å². The highest BCUT2D eigenvalue weighted by Crippen LogP contribution is 2.49. The van der Waals surface area contributed by atoms with Crippen molar-refractivity contribution in [1.29, 1.82) is 0 Å². The number of aliphatic carboxylic acids is 1. The summed E-state index contributed by atoms with van der Waals surface area (Å²) in [5, 5.41) is 6.63. The molecule has 0 radical (unpaired) electrons. The lowest BCUT2D eigenvalue weighted by atomic mass is 9.84. The van der Waals surface area contributed by atoms with Crippen LogP contribution in [0.2, 0.25) is 0 Å². The van der Waals surface area contributed by atoms with Crippen LogP contribution < -0.4 is 5.73 Å². The molecule has 1 amide bonds. The quantitative estimate of drug-likeness (QED) is 0.728. The molecule has 128 valence electrons. The number of carbonyl (C=O) groups is 3. The number of methoxy groups -OCH3 is 1. The molecular weight excluding hydrogens is 339 g/mol. The van der Waals surface area contributed by atoms with E-state index in [1.165, 1.54) is 18.9 Å². The van der Waals surface area contributed by atoms with E-state index in [0.717, 1.165) is 11.3 Å². The zero-order chi connectivity index (χ0) is 17.8. The van der Waals surface area contributed by atoms with E-state index in [0.29, 0.717) is 0 Å². The topological polar surface area (TPSA) is 107 Å². The molecule has 0 spiro atoms. The summed E-state index contributed by atoms with van der Waals surface area (Å²) in [6.07, 6.45) is 1.56. The van der Waals surface area contributed by atoms with Gasteiger partial charge in [-0.3, -0.25) is 9.59 Å². The van der Waals surface area contributed by atoms with Crippen LogP contribution in [0, 0.1) is 11.8 Å². The van der Waals surface area contributed by atoms with Gasteiger partial charge in [0.15, 0.2) is 0 Å². The number of carboxylic acids is 1. The van der Waals surface area contributed by atoms with Gasteiger partial charge in [-0.05, 0) is 11.3 Å². The monoisotopic (exact) mass is 353 g/mol. The molecular formula is C13H14F3NO5S. The summed E-state index contributed by atoms with van der Waals surface area (Å²) in [4.78, 5) is 33.0. The average molecular weight is 353 g/mol. The highest BCUT2D eigenvalue weighted by molar-refractivity contribution is 8.04. The predicted molar refractivity (Wildman–Crippen MR) is 75.1 cm³/mol. The maximum Gasteiger partial charge on any atom is 0.490 e. The van der Waals surface area contributed by atoms with Gasteiger partial charge in [0.25, 0.3) is 0 Å². The normalized spacial score (nSPS) is 25.6. The van der Waals surface area contributed by atoms with Crippen molar-refractivity contribution in [2.75, 3.05) is 7.11 Å². The Hall–Kier alpha value is -1.97. The van der Waals surface area contributed by atoms with Crippen molar-refractivity contribution in [1.82, 2.24) is 0 Å². The Morgan fingerprint density at radius 1 is 1.39 bits per heavy atom. The highest BCUT2D eigenvalue weighted by atomic mass is 32.2. The van der Waals surface area contributed by atoms with Gasteiger partial charge in [0.1, 0.15) is 5.25 Å². The first-order valence-electron chi connectivity index (χ1n) is 6.30. The molecule has 1 heterocycles. The fourth-order valence-corrected chi connectivity index (χ4v) is 3.60. The molecule has 1 aliphatic carbocycles. The smallest absolute Gasteiger partial charge is 0.475 e. The summed E-state index contributed by atoms with van der Waals surface area (Å²) in [6, 6.07) is 0. The van der Waals surface area contributed by atoms with Crippen LogP contribution in [-0.2, 0) is 19.1 Å². The van der Waals surface area contributed by atoms with Gasteiger partial charge in [0.05, 0.1) is 13.0 Å². The van der Waals surface area contributed by atoms with Crippen molar-refractivity contribution >= 4 is 29.6 Å². The molecule has 0 bridgehead atoms. The summed E-state index contributed by atoms with van der Waals surface area (Å²) >= 11 is 1.39. The molecule has 23 heavy (non-hydrogen) atoms. The lowest BCUT2D eigenvalue weighted by molar-refractivity contribution is -0.192. The number of allylic oxidation sites excluding steroid dienone is 4. The molecule has 0 aromatic heterocycles. The molecule has 0 aromatic rings.